The van der Waals surface area contributed by atoms with Crippen LogP contribution in [-0.2, 0) is 9.59 Å². The van der Waals surface area contributed by atoms with Gasteiger partial charge < -0.3 is 19.9 Å². The van der Waals surface area contributed by atoms with E-state index in [2.05, 4.69) is 21.2 Å². The third-order valence-corrected chi connectivity index (χ3v) is 4.67. The lowest BCUT2D eigenvalue weighted by Crippen LogP contribution is -2.30. The molecule has 2 aromatic rings. The minimum atomic E-state index is -1.13. The van der Waals surface area contributed by atoms with Crippen LogP contribution in [0.4, 0.5) is 10.5 Å². The average Bonchev–Trinajstić information content (AvgIpc) is 2.93. The second-order valence-electron chi connectivity index (χ2n) is 5.83. The Hall–Kier alpha value is -3.04. The minimum absolute atomic E-state index is 0.0585. The van der Waals surface area contributed by atoms with Crippen molar-refractivity contribution in [2.45, 2.75) is 0 Å². The Morgan fingerprint density at radius 3 is 2.72 bits per heavy atom. The molecule has 0 radical (unpaired) electrons. The Balaban J connectivity index is 1.92. The standard InChI is InChI=1S/C19H14BrClN2O6/c1-28-15-7-10(5-13(20)17(15)29-9-16(24)25)6-14-18(26)23(19(27)22-14)12-4-2-3-11(21)8-12/h2-8H,9H2,1H3,(H,22,27)(H,24,25)/b14-6+. The molecule has 3 amide bonds. The average molecular weight is 482 g/mol. The molecule has 0 aromatic heterocycles. The molecule has 29 heavy (non-hydrogen) atoms. The quantitative estimate of drug-likeness (QED) is 0.482. The van der Waals surface area contributed by atoms with Gasteiger partial charge in [-0.15, -0.1) is 0 Å². The monoisotopic (exact) mass is 480 g/mol. The topological polar surface area (TPSA) is 105 Å². The molecule has 2 aromatic carbocycles. The molecule has 0 saturated carbocycles. The number of nitrogens with zero attached hydrogens (tertiary/aromatic N) is 1. The highest BCUT2D eigenvalue weighted by atomic mass is 79.9. The molecule has 150 valence electrons. The lowest BCUT2D eigenvalue weighted by Gasteiger charge is -2.12. The maximum atomic E-state index is 12.7. The minimum Gasteiger partial charge on any atom is -0.493 e. The molecule has 0 bridgehead atoms. The zero-order valence-corrected chi connectivity index (χ0v) is 17.3. The Bertz CT molecular complexity index is 1040. The van der Waals surface area contributed by atoms with Gasteiger partial charge in [-0.25, -0.2) is 14.5 Å². The van der Waals surface area contributed by atoms with Crippen LogP contribution in [-0.4, -0.2) is 36.7 Å². The van der Waals surface area contributed by atoms with Crippen molar-refractivity contribution in [3.8, 4) is 11.5 Å². The van der Waals surface area contributed by atoms with Crippen LogP contribution in [0, 0.1) is 0 Å². The van der Waals surface area contributed by atoms with E-state index in [9.17, 15) is 14.4 Å². The number of hydrogen-bond donors (Lipinski definition) is 2. The molecule has 1 fully saturated rings. The summed E-state index contributed by atoms with van der Waals surface area (Å²) in [4.78, 5) is 36.7. The zero-order valence-electron chi connectivity index (χ0n) is 14.9. The largest absolute Gasteiger partial charge is 0.493 e. The third-order valence-electron chi connectivity index (χ3n) is 3.85. The van der Waals surface area contributed by atoms with Crippen molar-refractivity contribution in [3.63, 3.8) is 0 Å². The smallest absolute Gasteiger partial charge is 0.341 e. The Kier molecular flexibility index (Phi) is 6.09. The highest BCUT2D eigenvalue weighted by Crippen LogP contribution is 2.37. The van der Waals surface area contributed by atoms with E-state index in [0.29, 0.717) is 20.7 Å². The maximum Gasteiger partial charge on any atom is 0.341 e. The van der Waals surface area contributed by atoms with Gasteiger partial charge in [0.05, 0.1) is 17.3 Å². The first-order valence-corrected chi connectivity index (χ1v) is 9.32. The molecular weight excluding hydrogens is 468 g/mol. The number of methoxy groups -OCH3 is 1. The van der Waals surface area contributed by atoms with Crippen molar-refractivity contribution < 1.29 is 29.0 Å². The molecule has 10 heteroatoms. The SMILES string of the molecule is COc1cc(/C=C2/NC(=O)N(c3cccc(Cl)c3)C2=O)cc(Br)c1OCC(=O)O. The van der Waals surface area contributed by atoms with Crippen molar-refractivity contribution in [1.29, 1.82) is 0 Å². The van der Waals surface area contributed by atoms with Crippen LogP contribution < -0.4 is 19.7 Å². The van der Waals surface area contributed by atoms with Crippen LogP contribution in [0.2, 0.25) is 5.02 Å². The fraction of sp³-hybridized carbons (Fsp3) is 0.105. The second kappa shape index (κ2) is 8.54. The van der Waals surface area contributed by atoms with E-state index >= 15 is 0 Å². The fourth-order valence-electron chi connectivity index (χ4n) is 2.65. The molecular formula is C19H14BrClN2O6. The molecule has 0 aliphatic carbocycles. The van der Waals surface area contributed by atoms with Gasteiger partial charge in [0.25, 0.3) is 5.91 Å². The summed E-state index contributed by atoms with van der Waals surface area (Å²) in [6.45, 7) is -0.543. The molecule has 1 aliphatic heterocycles. The number of carboxylic acids is 1. The lowest BCUT2D eigenvalue weighted by molar-refractivity contribution is -0.139. The number of amides is 3. The van der Waals surface area contributed by atoms with Gasteiger partial charge in [0.15, 0.2) is 18.1 Å². The summed E-state index contributed by atoms with van der Waals surface area (Å²) in [7, 11) is 1.40. The summed E-state index contributed by atoms with van der Waals surface area (Å²) >= 11 is 9.24. The van der Waals surface area contributed by atoms with E-state index in [1.54, 1.807) is 30.3 Å². The van der Waals surface area contributed by atoms with Crippen LogP contribution in [0.25, 0.3) is 6.08 Å². The van der Waals surface area contributed by atoms with Crippen molar-refractivity contribution in [2.24, 2.45) is 0 Å². The first kappa shape index (κ1) is 20.7. The van der Waals surface area contributed by atoms with Crippen LogP contribution in [0.5, 0.6) is 11.5 Å². The number of benzene rings is 2. The number of rotatable bonds is 6. The van der Waals surface area contributed by atoms with E-state index < -0.39 is 24.5 Å². The molecule has 1 saturated heterocycles. The molecule has 0 spiro atoms. The van der Waals surface area contributed by atoms with Gasteiger partial charge in [-0.3, -0.25) is 4.79 Å². The highest BCUT2D eigenvalue weighted by Gasteiger charge is 2.35. The van der Waals surface area contributed by atoms with E-state index in [4.69, 9.17) is 26.2 Å². The lowest BCUT2D eigenvalue weighted by atomic mass is 10.1. The number of imide groups is 1. The van der Waals surface area contributed by atoms with Crippen molar-refractivity contribution in [3.05, 3.63) is 57.2 Å². The summed E-state index contributed by atoms with van der Waals surface area (Å²) in [5.41, 5.74) is 0.927. The number of anilines is 1. The first-order valence-electron chi connectivity index (χ1n) is 8.15. The first-order chi connectivity index (χ1) is 13.8. The summed E-state index contributed by atoms with van der Waals surface area (Å²) in [6, 6.07) is 8.94. The van der Waals surface area contributed by atoms with Gasteiger partial charge in [-0.05, 0) is 57.9 Å². The Morgan fingerprint density at radius 1 is 1.31 bits per heavy atom. The van der Waals surface area contributed by atoms with Crippen molar-refractivity contribution >= 4 is 57.2 Å². The number of nitrogens with one attached hydrogen (secondary N) is 1. The molecule has 0 unspecified atom stereocenters. The molecule has 0 atom stereocenters. The second-order valence-corrected chi connectivity index (χ2v) is 7.12. The van der Waals surface area contributed by atoms with Crippen LogP contribution in [0.3, 0.4) is 0 Å². The summed E-state index contributed by atoms with van der Waals surface area (Å²) in [6.07, 6.45) is 1.47. The normalized spacial score (nSPS) is 14.9. The molecule has 1 aliphatic rings. The number of aliphatic carboxylic acids is 1. The number of carbonyl (C=O) groups excluding carboxylic acids is 2. The van der Waals surface area contributed by atoms with E-state index in [-0.39, 0.29) is 17.2 Å². The number of urea groups is 1. The summed E-state index contributed by atoms with van der Waals surface area (Å²) in [5.74, 6) is -1.21. The van der Waals surface area contributed by atoms with E-state index in [0.717, 1.165) is 4.90 Å². The number of carbonyl (C=O) groups is 3. The van der Waals surface area contributed by atoms with Gasteiger partial charge in [-0.2, -0.15) is 0 Å². The molecule has 1 heterocycles. The summed E-state index contributed by atoms with van der Waals surface area (Å²) in [5, 5.41) is 11.7. The van der Waals surface area contributed by atoms with Gasteiger partial charge >= 0.3 is 12.0 Å². The van der Waals surface area contributed by atoms with Crippen LogP contribution in [0.15, 0.2) is 46.6 Å². The molecule has 8 nitrogen and oxygen atoms in total. The number of carboxylic acid groups (broad SMARTS) is 1. The molecule has 2 N–H and O–H groups in total. The predicted octanol–water partition coefficient (Wildman–Crippen LogP) is 3.67. The van der Waals surface area contributed by atoms with Crippen molar-refractivity contribution in [2.75, 3.05) is 18.6 Å². The molecule has 3 rings (SSSR count). The van der Waals surface area contributed by atoms with Crippen LogP contribution >= 0.6 is 27.5 Å². The van der Waals surface area contributed by atoms with Gasteiger partial charge in [0, 0.05) is 5.02 Å². The fourth-order valence-corrected chi connectivity index (χ4v) is 3.41. The van der Waals surface area contributed by atoms with Crippen molar-refractivity contribution in [1.82, 2.24) is 5.32 Å². The van der Waals surface area contributed by atoms with E-state index in [1.807, 2.05) is 0 Å². The Labute approximate surface area is 178 Å². The number of halogens is 2. The van der Waals surface area contributed by atoms with Gasteiger partial charge in [0.1, 0.15) is 5.70 Å². The zero-order chi connectivity index (χ0) is 21.1. The predicted molar refractivity (Wildman–Crippen MR) is 109 cm³/mol. The van der Waals surface area contributed by atoms with E-state index in [1.165, 1.54) is 19.3 Å². The maximum absolute atomic E-state index is 12.7. The Morgan fingerprint density at radius 2 is 2.07 bits per heavy atom. The van der Waals surface area contributed by atoms with Gasteiger partial charge in [-0.1, -0.05) is 17.7 Å². The summed E-state index contributed by atoms with van der Waals surface area (Å²) < 4.78 is 10.9. The number of hydrogen-bond acceptors (Lipinski definition) is 5. The highest BCUT2D eigenvalue weighted by molar-refractivity contribution is 9.10. The van der Waals surface area contributed by atoms with Crippen LogP contribution in [0.1, 0.15) is 5.56 Å². The third kappa shape index (κ3) is 4.52. The van der Waals surface area contributed by atoms with Gasteiger partial charge in [0.2, 0.25) is 0 Å². The number of ether oxygens (including phenoxy) is 2.